The fraction of sp³-hybridized carbons (Fsp3) is 0.233. The van der Waals surface area contributed by atoms with Crippen LogP contribution in [-0.2, 0) is 14.3 Å². The van der Waals surface area contributed by atoms with Gasteiger partial charge in [-0.15, -0.1) is 0 Å². The Kier molecular flexibility index (Phi) is 7.72. The number of aliphatic hydroxyl groups excluding tert-OH is 1. The van der Waals surface area contributed by atoms with Crippen molar-refractivity contribution < 1.29 is 29.0 Å². The van der Waals surface area contributed by atoms with Crippen molar-refractivity contribution in [1.82, 2.24) is 0 Å². The maximum atomic E-state index is 13.5. The smallest absolute Gasteiger partial charge is 0.338 e. The maximum absolute atomic E-state index is 13.5. The fourth-order valence-electron chi connectivity index (χ4n) is 4.39. The minimum Gasteiger partial charge on any atom is -0.507 e. The van der Waals surface area contributed by atoms with Crippen LogP contribution in [0, 0.1) is 6.92 Å². The van der Waals surface area contributed by atoms with E-state index in [1.165, 1.54) is 11.0 Å². The molecular weight excluding hydrogens is 470 g/mol. The molecule has 0 aromatic heterocycles. The van der Waals surface area contributed by atoms with Gasteiger partial charge in [0.25, 0.3) is 11.7 Å². The molecule has 1 heterocycles. The van der Waals surface area contributed by atoms with Crippen molar-refractivity contribution >= 4 is 29.1 Å². The second-order valence-electron chi connectivity index (χ2n) is 8.67. The summed E-state index contributed by atoms with van der Waals surface area (Å²) in [5.74, 6) is -1.88. The molecule has 37 heavy (non-hydrogen) atoms. The van der Waals surface area contributed by atoms with Crippen LogP contribution < -0.4 is 9.64 Å². The highest BCUT2D eigenvalue weighted by molar-refractivity contribution is 6.51. The number of benzene rings is 3. The normalized spacial score (nSPS) is 16.6. The third-order valence-electron chi connectivity index (χ3n) is 6.14. The molecule has 190 valence electrons. The lowest BCUT2D eigenvalue weighted by atomic mass is 9.92. The van der Waals surface area contributed by atoms with Gasteiger partial charge in [-0.05, 0) is 61.7 Å². The van der Waals surface area contributed by atoms with E-state index in [0.29, 0.717) is 29.2 Å². The van der Waals surface area contributed by atoms with Crippen molar-refractivity contribution in [2.45, 2.75) is 33.2 Å². The molecule has 1 atom stereocenters. The number of esters is 1. The first-order valence-electron chi connectivity index (χ1n) is 12.2. The van der Waals surface area contributed by atoms with Gasteiger partial charge in [0, 0.05) is 11.3 Å². The first-order valence-corrected chi connectivity index (χ1v) is 12.2. The molecule has 1 aliphatic rings. The summed E-state index contributed by atoms with van der Waals surface area (Å²) < 4.78 is 10.8. The van der Waals surface area contributed by atoms with Crippen LogP contribution in [0.3, 0.4) is 0 Å². The summed E-state index contributed by atoms with van der Waals surface area (Å²) >= 11 is 0. The lowest BCUT2D eigenvalue weighted by Gasteiger charge is -2.27. The SMILES string of the molecule is CCCOc1cccc(/C(O)=C2\C(=O)C(=O)N(c3cccc(C(=O)OCC)c3)C2c2ccccc2C)c1. The van der Waals surface area contributed by atoms with E-state index in [9.17, 15) is 19.5 Å². The summed E-state index contributed by atoms with van der Waals surface area (Å²) in [6.07, 6.45) is 0.819. The Morgan fingerprint density at radius 1 is 0.946 bits per heavy atom. The lowest BCUT2D eigenvalue weighted by Crippen LogP contribution is -2.30. The predicted octanol–water partition coefficient (Wildman–Crippen LogP) is 5.59. The van der Waals surface area contributed by atoms with Gasteiger partial charge in [-0.1, -0.05) is 49.4 Å². The summed E-state index contributed by atoms with van der Waals surface area (Å²) in [5, 5.41) is 11.4. The molecule has 1 aliphatic heterocycles. The van der Waals surface area contributed by atoms with E-state index in [-0.39, 0.29) is 23.5 Å². The third kappa shape index (κ3) is 5.11. The molecular formula is C30H29NO6. The molecule has 7 heteroatoms. The number of hydrogen-bond donors (Lipinski definition) is 1. The van der Waals surface area contributed by atoms with Gasteiger partial charge >= 0.3 is 5.97 Å². The van der Waals surface area contributed by atoms with E-state index in [1.807, 2.05) is 38.1 Å². The number of rotatable bonds is 8. The van der Waals surface area contributed by atoms with Gasteiger partial charge in [-0.3, -0.25) is 14.5 Å². The molecule has 1 N–H and O–H groups in total. The molecule has 0 radical (unpaired) electrons. The fourth-order valence-corrected chi connectivity index (χ4v) is 4.39. The van der Waals surface area contributed by atoms with Crippen LogP contribution in [-0.4, -0.2) is 36.0 Å². The Bertz CT molecular complexity index is 1380. The molecule has 0 bridgehead atoms. The quantitative estimate of drug-likeness (QED) is 0.188. The second-order valence-corrected chi connectivity index (χ2v) is 8.67. The number of anilines is 1. The molecule has 1 fully saturated rings. The number of hydrogen-bond acceptors (Lipinski definition) is 6. The van der Waals surface area contributed by atoms with Crippen molar-refractivity contribution in [3.05, 3.63) is 101 Å². The van der Waals surface area contributed by atoms with Crippen molar-refractivity contribution in [3.63, 3.8) is 0 Å². The van der Waals surface area contributed by atoms with Gasteiger partial charge in [0.15, 0.2) is 0 Å². The number of carbonyl (C=O) groups is 3. The number of amides is 1. The Balaban J connectivity index is 1.89. The first-order chi connectivity index (χ1) is 17.9. The molecule has 0 saturated carbocycles. The second kappa shape index (κ2) is 11.1. The van der Waals surface area contributed by atoms with Crippen molar-refractivity contribution in [1.29, 1.82) is 0 Å². The number of carbonyl (C=O) groups excluding carboxylic acids is 3. The first kappa shape index (κ1) is 25.7. The highest BCUT2D eigenvalue weighted by Crippen LogP contribution is 2.43. The monoisotopic (exact) mass is 499 g/mol. The van der Waals surface area contributed by atoms with Crippen LogP contribution in [0.4, 0.5) is 5.69 Å². The molecule has 1 amide bonds. The lowest BCUT2D eigenvalue weighted by molar-refractivity contribution is -0.132. The van der Waals surface area contributed by atoms with Gasteiger partial charge in [-0.25, -0.2) is 4.79 Å². The molecule has 0 aliphatic carbocycles. The molecule has 0 spiro atoms. The zero-order valence-electron chi connectivity index (χ0n) is 21.1. The van der Waals surface area contributed by atoms with E-state index >= 15 is 0 Å². The van der Waals surface area contributed by atoms with Crippen LogP contribution in [0.1, 0.15) is 53.4 Å². The summed E-state index contributed by atoms with van der Waals surface area (Å²) in [5.41, 5.74) is 2.46. The summed E-state index contributed by atoms with van der Waals surface area (Å²) in [4.78, 5) is 40.6. The van der Waals surface area contributed by atoms with Gasteiger partial charge in [0.1, 0.15) is 11.5 Å². The van der Waals surface area contributed by atoms with Crippen LogP contribution in [0.2, 0.25) is 0 Å². The van der Waals surface area contributed by atoms with E-state index < -0.39 is 23.7 Å². The summed E-state index contributed by atoms with van der Waals surface area (Å²) in [6.45, 7) is 6.29. The zero-order chi connectivity index (χ0) is 26.5. The van der Waals surface area contributed by atoms with Gasteiger partial charge in [0.2, 0.25) is 0 Å². The molecule has 1 unspecified atom stereocenters. The highest BCUT2D eigenvalue weighted by atomic mass is 16.5. The van der Waals surface area contributed by atoms with Crippen molar-refractivity contribution in [2.24, 2.45) is 0 Å². The van der Waals surface area contributed by atoms with Gasteiger partial charge < -0.3 is 14.6 Å². The van der Waals surface area contributed by atoms with Crippen LogP contribution in [0.5, 0.6) is 5.75 Å². The van der Waals surface area contributed by atoms with Crippen LogP contribution >= 0.6 is 0 Å². The van der Waals surface area contributed by atoms with E-state index in [0.717, 1.165) is 12.0 Å². The highest BCUT2D eigenvalue weighted by Gasteiger charge is 2.47. The topological polar surface area (TPSA) is 93.1 Å². The minimum absolute atomic E-state index is 0.0338. The minimum atomic E-state index is -0.904. The van der Waals surface area contributed by atoms with E-state index in [4.69, 9.17) is 9.47 Å². The Morgan fingerprint density at radius 3 is 2.41 bits per heavy atom. The van der Waals surface area contributed by atoms with E-state index in [1.54, 1.807) is 49.4 Å². The Labute approximate surface area is 215 Å². The largest absolute Gasteiger partial charge is 0.507 e. The number of Topliss-reactive ketones (excluding diaryl/α,β-unsaturated/α-hetero) is 1. The number of ether oxygens (including phenoxy) is 2. The summed E-state index contributed by atoms with van der Waals surface area (Å²) in [7, 11) is 0. The van der Waals surface area contributed by atoms with Crippen molar-refractivity contribution in [2.75, 3.05) is 18.1 Å². The van der Waals surface area contributed by atoms with Gasteiger partial charge in [-0.2, -0.15) is 0 Å². The molecule has 4 rings (SSSR count). The number of aryl methyl sites for hydroxylation is 1. The summed E-state index contributed by atoms with van der Waals surface area (Å²) in [6, 6.07) is 19.7. The Hall–Kier alpha value is -4.39. The van der Waals surface area contributed by atoms with Crippen LogP contribution in [0.15, 0.2) is 78.4 Å². The molecule has 3 aromatic rings. The average molecular weight is 500 g/mol. The van der Waals surface area contributed by atoms with E-state index in [2.05, 4.69) is 0 Å². The Morgan fingerprint density at radius 2 is 1.68 bits per heavy atom. The maximum Gasteiger partial charge on any atom is 0.338 e. The van der Waals surface area contributed by atoms with Gasteiger partial charge in [0.05, 0.1) is 30.4 Å². The third-order valence-corrected chi connectivity index (χ3v) is 6.14. The number of nitrogens with zero attached hydrogens (tertiary/aromatic N) is 1. The average Bonchev–Trinajstić information content (AvgIpc) is 3.17. The van der Waals surface area contributed by atoms with Crippen molar-refractivity contribution in [3.8, 4) is 5.75 Å². The standard InChI is InChI=1S/C30H29NO6/c1-4-16-37-23-14-9-11-20(18-23)27(32)25-26(24-15-7-6-10-19(24)3)31(29(34)28(25)33)22-13-8-12-21(17-22)30(35)36-5-2/h6-15,17-18,26,32H,4-5,16H2,1-3H3/b27-25+. The molecule has 1 saturated heterocycles. The zero-order valence-corrected chi connectivity index (χ0v) is 21.1. The van der Waals surface area contributed by atoms with Crippen LogP contribution in [0.25, 0.3) is 5.76 Å². The number of ketones is 1. The molecule has 7 nitrogen and oxygen atoms in total. The number of aliphatic hydroxyl groups is 1. The predicted molar refractivity (Wildman–Crippen MR) is 141 cm³/mol. The molecule has 3 aromatic carbocycles.